The van der Waals surface area contributed by atoms with Gasteiger partial charge in [-0.15, -0.1) is 0 Å². The van der Waals surface area contributed by atoms with Crippen molar-refractivity contribution >= 4 is 29.1 Å². The van der Waals surface area contributed by atoms with Crippen LogP contribution in [0.4, 0.5) is 11.4 Å². The van der Waals surface area contributed by atoms with Crippen LogP contribution in [-0.2, 0) is 14.4 Å². The Morgan fingerprint density at radius 2 is 1.86 bits per heavy atom. The fraction of sp³-hybridized carbons (Fsp3) is 0.318. The number of nitrogens with zero attached hydrogens (tertiary/aromatic N) is 2. The van der Waals surface area contributed by atoms with E-state index in [4.69, 9.17) is 4.74 Å². The van der Waals surface area contributed by atoms with Gasteiger partial charge in [0.15, 0.2) is 6.61 Å². The van der Waals surface area contributed by atoms with Crippen LogP contribution in [0.1, 0.15) is 18.9 Å². The van der Waals surface area contributed by atoms with Crippen LogP contribution < -0.4 is 15.0 Å². The molecule has 1 aliphatic rings. The highest BCUT2D eigenvalue weighted by atomic mass is 16.5. The fourth-order valence-electron chi connectivity index (χ4n) is 3.22. The molecule has 1 heterocycles. The minimum Gasteiger partial charge on any atom is -0.484 e. The standard InChI is InChI=1S/C22H25N3O4/c1-15-8-10-17(11-9-15)29-14-22(28)24(3)13-21(27)25-16(2)12-20(26)23-18-6-4-5-7-19(18)25/h4-11,16H,12-14H2,1-3H3,(H,23,26)/t16-/m1/s1. The Morgan fingerprint density at radius 3 is 2.59 bits per heavy atom. The summed E-state index contributed by atoms with van der Waals surface area (Å²) in [5.74, 6) is -0.101. The predicted octanol–water partition coefficient (Wildman–Crippen LogP) is 2.60. The largest absolute Gasteiger partial charge is 0.484 e. The summed E-state index contributed by atoms with van der Waals surface area (Å²) in [5.41, 5.74) is 2.32. The van der Waals surface area contributed by atoms with Crippen LogP contribution >= 0.6 is 0 Å². The van der Waals surface area contributed by atoms with Gasteiger partial charge < -0.3 is 19.9 Å². The number of hydrogen-bond donors (Lipinski definition) is 1. The van der Waals surface area contributed by atoms with Gasteiger partial charge in [0.05, 0.1) is 17.9 Å². The van der Waals surface area contributed by atoms with Crippen LogP contribution in [0.3, 0.4) is 0 Å². The van der Waals surface area contributed by atoms with Crippen LogP contribution in [0.25, 0.3) is 0 Å². The van der Waals surface area contributed by atoms with Crippen molar-refractivity contribution in [2.24, 2.45) is 0 Å². The van der Waals surface area contributed by atoms with Crippen molar-refractivity contribution in [1.29, 1.82) is 0 Å². The zero-order chi connectivity index (χ0) is 21.0. The maximum absolute atomic E-state index is 13.0. The van der Waals surface area contributed by atoms with Gasteiger partial charge in [-0.05, 0) is 38.1 Å². The highest BCUT2D eigenvalue weighted by molar-refractivity contribution is 6.05. The van der Waals surface area contributed by atoms with Gasteiger partial charge >= 0.3 is 0 Å². The summed E-state index contributed by atoms with van der Waals surface area (Å²) in [5, 5.41) is 2.82. The summed E-state index contributed by atoms with van der Waals surface area (Å²) in [6.45, 7) is 3.53. The molecule has 0 fully saturated rings. The first-order valence-corrected chi connectivity index (χ1v) is 9.49. The Balaban J connectivity index is 1.65. The lowest BCUT2D eigenvalue weighted by Gasteiger charge is -2.29. The molecule has 0 aromatic heterocycles. The summed E-state index contributed by atoms with van der Waals surface area (Å²) in [4.78, 5) is 40.4. The second-order valence-electron chi connectivity index (χ2n) is 7.23. The molecule has 0 bridgehead atoms. The molecule has 1 atom stereocenters. The third kappa shape index (κ3) is 4.93. The van der Waals surface area contributed by atoms with Crippen LogP contribution in [0, 0.1) is 6.92 Å². The van der Waals surface area contributed by atoms with Gasteiger partial charge in [0.2, 0.25) is 11.8 Å². The number of para-hydroxylation sites is 2. The molecule has 0 aliphatic carbocycles. The molecule has 29 heavy (non-hydrogen) atoms. The summed E-state index contributed by atoms with van der Waals surface area (Å²) in [6, 6.07) is 14.2. The molecule has 0 radical (unpaired) electrons. The lowest BCUT2D eigenvalue weighted by Crippen LogP contribution is -2.46. The van der Waals surface area contributed by atoms with E-state index < -0.39 is 0 Å². The quantitative estimate of drug-likeness (QED) is 0.844. The Hall–Kier alpha value is -3.35. The smallest absolute Gasteiger partial charge is 0.260 e. The average molecular weight is 395 g/mol. The van der Waals surface area contributed by atoms with Gasteiger partial charge in [-0.2, -0.15) is 0 Å². The second-order valence-corrected chi connectivity index (χ2v) is 7.23. The molecule has 2 aromatic carbocycles. The number of aryl methyl sites for hydroxylation is 1. The number of nitrogens with one attached hydrogen (secondary N) is 1. The van der Waals surface area contributed by atoms with E-state index in [1.54, 1.807) is 42.3 Å². The molecule has 1 N–H and O–H groups in total. The Morgan fingerprint density at radius 1 is 1.17 bits per heavy atom. The van der Waals surface area contributed by atoms with E-state index in [9.17, 15) is 14.4 Å². The van der Waals surface area contributed by atoms with Crippen molar-refractivity contribution in [2.45, 2.75) is 26.3 Å². The van der Waals surface area contributed by atoms with Gasteiger partial charge in [-0.25, -0.2) is 0 Å². The number of likely N-dealkylation sites (N-methyl/N-ethyl adjacent to an activating group) is 1. The van der Waals surface area contributed by atoms with Gasteiger partial charge in [-0.3, -0.25) is 14.4 Å². The van der Waals surface area contributed by atoms with Crippen molar-refractivity contribution in [3.05, 3.63) is 54.1 Å². The number of rotatable bonds is 5. The molecule has 3 amide bonds. The maximum Gasteiger partial charge on any atom is 0.260 e. The van der Waals surface area contributed by atoms with E-state index in [-0.39, 0.29) is 43.3 Å². The summed E-state index contributed by atoms with van der Waals surface area (Å²) in [6.07, 6.45) is 0.189. The SMILES string of the molecule is Cc1ccc(OCC(=O)N(C)CC(=O)N2c3ccccc3NC(=O)C[C@H]2C)cc1. The Labute approximate surface area is 170 Å². The lowest BCUT2D eigenvalue weighted by molar-refractivity contribution is -0.135. The van der Waals surface area contributed by atoms with Crippen LogP contribution in [0.2, 0.25) is 0 Å². The molecule has 1 aliphatic heterocycles. The Bertz CT molecular complexity index is 911. The van der Waals surface area contributed by atoms with Crippen LogP contribution in [0.15, 0.2) is 48.5 Å². The number of benzene rings is 2. The number of ether oxygens (including phenoxy) is 1. The van der Waals surface area contributed by atoms with Crippen LogP contribution in [0.5, 0.6) is 5.75 Å². The average Bonchev–Trinajstić information content (AvgIpc) is 2.81. The predicted molar refractivity (Wildman–Crippen MR) is 111 cm³/mol. The number of amides is 3. The number of carbonyl (C=O) groups is 3. The summed E-state index contributed by atoms with van der Waals surface area (Å²) in [7, 11) is 1.57. The van der Waals surface area contributed by atoms with Crippen molar-refractivity contribution in [2.75, 3.05) is 30.4 Å². The third-order valence-corrected chi connectivity index (χ3v) is 4.81. The Kier molecular flexibility index (Phi) is 6.16. The minimum absolute atomic E-state index is 0.108. The molecule has 7 heteroatoms. The molecule has 7 nitrogen and oxygen atoms in total. The molecule has 3 rings (SSSR count). The first-order valence-electron chi connectivity index (χ1n) is 9.49. The number of hydrogen-bond acceptors (Lipinski definition) is 4. The zero-order valence-corrected chi connectivity index (χ0v) is 16.8. The number of carbonyl (C=O) groups excluding carboxylic acids is 3. The van der Waals surface area contributed by atoms with Gasteiger partial charge in [-0.1, -0.05) is 29.8 Å². The zero-order valence-electron chi connectivity index (χ0n) is 16.8. The topological polar surface area (TPSA) is 79.0 Å². The molecule has 0 saturated heterocycles. The van der Waals surface area contributed by atoms with Crippen LogP contribution in [-0.4, -0.2) is 48.9 Å². The monoisotopic (exact) mass is 395 g/mol. The third-order valence-electron chi connectivity index (χ3n) is 4.81. The molecule has 0 saturated carbocycles. The maximum atomic E-state index is 13.0. The van der Waals surface area contributed by atoms with Crippen molar-refractivity contribution in [1.82, 2.24) is 4.90 Å². The minimum atomic E-state index is -0.321. The van der Waals surface area contributed by atoms with Crippen molar-refractivity contribution in [3.8, 4) is 5.75 Å². The molecule has 152 valence electrons. The fourth-order valence-corrected chi connectivity index (χ4v) is 3.22. The normalized spacial score (nSPS) is 15.8. The van der Waals surface area contributed by atoms with E-state index in [1.807, 2.05) is 32.0 Å². The first-order chi connectivity index (χ1) is 13.8. The number of anilines is 2. The molecular weight excluding hydrogens is 370 g/mol. The second kappa shape index (κ2) is 8.77. The van der Waals surface area contributed by atoms with Crippen molar-refractivity contribution in [3.63, 3.8) is 0 Å². The van der Waals surface area contributed by atoms with Gasteiger partial charge in [0.25, 0.3) is 5.91 Å². The highest BCUT2D eigenvalue weighted by Gasteiger charge is 2.30. The van der Waals surface area contributed by atoms with Crippen molar-refractivity contribution < 1.29 is 19.1 Å². The molecule has 2 aromatic rings. The summed E-state index contributed by atoms with van der Waals surface area (Å²) < 4.78 is 5.51. The number of fused-ring (bicyclic) bond motifs is 1. The van der Waals surface area contributed by atoms with E-state index in [0.29, 0.717) is 17.1 Å². The van der Waals surface area contributed by atoms with E-state index in [0.717, 1.165) is 5.56 Å². The molecular formula is C22H25N3O4. The lowest BCUT2D eigenvalue weighted by atomic mass is 10.1. The molecule has 0 spiro atoms. The molecule has 0 unspecified atom stereocenters. The summed E-state index contributed by atoms with van der Waals surface area (Å²) >= 11 is 0. The highest BCUT2D eigenvalue weighted by Crippen LogP contribution is 2.31. The first kappa shape index (κ1) is 20.4. The van der Waals surface area contributed by atoms with E-state index in [2.05, 4.69) is 5.32 Å². The van der Waals surface area contributed by atoms with Gasteiger partial charge in [0.1, 0.15) is 5.75 Å². The van der Waals surface area contributed by atoms with E-state index in [1.165, 1.54) is 4.90 Å². The van der Waals surface area contributed by atoms with Gasteiger partial charge in [0, 0.05) is 19.5 Å². The van der Waals surface area contributed by atoms with E-state index >= 15 is 0 Å².